The van der Waals surface area contributed by atoms with Gasteiger partial charge in [-0.15, -0.1) is 0 Å². The molecule has 1 aliphatic rings. The standard InChI is InChI=1S/C15H16ClN3O4S/c1-17-24(22,23)18-7-8-19-11(9-18)12(15(20)21)13(16)14(19)10-5-3-2-4-6-10/h2-6,17H,7-9H2,1H3,(H,20,21). The molecule has 2 aromatic rings. The van der Waals surface area contributed by atoms with E-state index in [-0.39, 0.29) is 23.7 Å². The maximum atomic E-state index is 12.0. The molecule has 0 spiro atoms. The molecule has 0 fully saturated rings. The Morgan fingerprint density at radius 2 is 1.92 bits per heavy atom. The molecular formula is C15H16ClN3O4S. The summed E-state index contributed by atoms with van der Waals surface area (Å²) in [5.41, 5.74) is 1.73. The molecule has 0 bridgehead atoms. The second-order valence-corrected chi connectivity index (χ2v) is 7.60. The van der Waals surface area contributed by atoms with Crippen molar-refractivity contribution in [2.75, 3.05) is 13.6 Å². The molecule has 24 heavy (non-hydrogen) atoms. The van der Waals surface area contributed by atoms with Crippen LogP contribution >= 0.6 is 11.6 Å². The van der Waals surface area contributed by atoms with Crippen LogP contribution < -0.4 is 4.72 Å². The zero-order valence-corrected chi connectivity index (χ0v) is 14.4. The minimum Gasteiger partial charge on any atom is -0.478 e. The lowest BCUT2D eigenvalue weighted by Gasteiger charge is -2.28. The Morgan fingerprint density at radius 3 is 2.50 bits per heavy atom. The van der Waals surface area contributed by atoms with E-state index in [9.17, 15) is 18.3 Å². The van der Waals surface area contributed by atoms with Gasteiger partial charge >= 0.3 is 5.97 Å². The van der Waals surface area contributed by atoms with Gasteiger partial charge in [0.2, 0.25) is 0 Å². The van der Waals surface area contributed by atoms with Crippen molar-refractivity contribution in [3.05, 3.63) is 46.6 Å². The molecule has 0 atom stereocenters. The first-order valence-electron chi connectivity index (χ1n) is 7.25. The zero-order valence-electron chi connectivity index (χ0n) is 12.9. The van der Waals surface area contributed by atoms with Crippen LogP contribution in [-0.2, 0) is 23.3 Å². The number of carbonyl (C=O) groups is 1. The van der Waals surface area contributed by atoms with E-state index in [0.29, 0.717) is 17.9 Å². The Balaban J connectivity index is 2.18. The van der Waals surface area contributed by atoms with E-state index in [4.69, 9.17) is 11.6 Å². The predicted molar refractivity (Wildman–Crippen MR) is 90.2 cm³/mol. The van der Waals surface area contributed by atoms with Crippen LogP contribution in [0.4, 0.5) is 0 Å². The van der Waals surface area contributed by atoms with Crippen molar-refractivity contribution in [3.8, 4) is 11.3 Å². The number of hydrogen-bond acceptors (Lipinski definition) is 3. The van der Waals surface area contributed by atoms with Crippen molar-refractivity contribution in [3.63, 3.8) is 0 Å². The highest BCUT2D eigenvalue weighted by atomic mass is 35.5. The highest BCUT2D eigenvalue weighted by Gasteiger charge is 2.34. The fourth-order valence-corrected chi connectivity index (χ4v) is 4.21. The number of carboxylic acid groups (broad SMARTS) is 1. The molecule has 1 aromatic carbocycles. The van der Waals surface area contributed by atoms with Gasteiger partial charge in [0.05, 0.1) is 17.3 Å². The first kappa shape index (κ1) is 17.0. The van der Waals surface area contributed by atoms with Crippen LogP contribution in [-0.4, -0.2) is 42.0 Å². The molecule has 7 nitrogen and oxygen atoms in total. The van der Waals surface area contributed by atoms with Crippen molar-refractivity contribution < 1.29 is 18.3 Å². The molecule has 0 unspecified atom stereocenters. The summed E-state index contributed by atoms with van der Waals surface area (Å²) < 4.78 is 29.3. The van der Waals surface area contributed by atoms with Gasteiger partial charge in [-0.05, 0) is 5.56 Å². The molecule has 1 aromatic heterocycles. The van der Waals surface area contributed by atoms with Crippen molar-refractivity contribution in [1.82, 2.24) is 13.6 Å². The molecule has 128 valence electrons. The number of carboxylic acids is 1. The lowest BCUT2D eigenvalue weighted by atomic mass is 10.1. The summed E-state index contributed by atoms with van der Waals surface area (Å²) in [5.74, 6) is -1.17. The fourth-order valence-electron chi connectivity index (χ4n) is 2.93. The molecule has 0 saturated heterocycles. The second kappa shape index (κ2) is 6.21. The largest absolute Gasteiger partial charge is 0.478 e. The molecule has 0 saturated carbocycles. The van der Waals surface area contributed by atoms with Crippen LogP contribution in [0.25, 0.3) is 11.3 Å². The topological polar surface area (TPSA) is 91.6 Å². The average molecular weight is 370 g/mol. The lowest BCUT2D eigenvalue weighted by molar-refractivity contribution is 0.0694. The van der Waals surface area contributed by atoms with Gasteiger partial charge in [0.1, 0.15) is 5.56 Å². The fraction of sp³-hybridized carbons (Fsp3) is 0.267. The third-order valence-electron chi connectivity index (χ3n) is 4.07. The summed E-state index contributed by atoms with van der Waals surface area (Å²) in [6.45, 7) is 0.519. The molecule has 2 heterocycles. The number of halogens is 1. The lowest BCUT2D eigenvalue weighted by Crippen LogP contribution is -2.43. The number of nitrogens with zero attached hydrogens (tertiary/aromatic N) is 2. The summed E-state index contributed by atoms with van der Waals surface area (Å²) in [7, 11) is -2.32. The first-order chi connectivity index (χ1) is 11.4. The Hall–Kier alpha value is -1.87. The van der Waals surface area contributed by atoms with Crippen LogP contribution in [0.5, 0.6) is 0 Å². The first-order valence-corrected chi connectivity index (χ1v) is 9.06. The van der Waals surface area contributed by atoms with E-state index in [1.807, 2.05) is 30.3 Å². The highest BCUT2D eigenvalue weighted by Crippen LogP contribution is 2.38. The Bertz CT molecular complexity index is 893. The summed E-state index contributed by atoms with van der Waals surface area (Å²) in [6, 6.07) is 9.23. The average Bonchev–Trinajstić information content (AvgIpc) is 2.86. The number of fused-ring (bicyclic) bond motifs is 1. The molecule has 2 N–H and O–H groups in total. The van der Waals surface area contributed by atoms with Gasteiger partial charge in [-0.3, -0.25) is 0 Å². The van der Waals surface area contributed by atoms with Gasteiger partial charge in [-0.25, -0.2) is 9.52 Å². The van der Waals surface area contributed by atoms with Gasteiger partial charge in [0.25, 0.3) is 10.2 Å². The summed E-state index contributed by atoms with van der Waals surface area (Å²) in [4.78, 5) is 11.7. The summed E-state index contributed by atoms with van der Waals surface area (Å²) in [5, 5.41) is 9.68. The molecular weight excluding hydrogens is 354 g/mol. The Morgan fingerprint density at radius 1 is 1.25 bits per heavy atom. The predicted octanol–water partition coefficient (Wildman–Crippen LogP) is 1.79. The number of benzene rings is 1. The smallest absolute Gasteiger partial charge is 0.339 e. The Kier molecular flexibility index (Phi) is 4.39. The molecule has 1 aliphatic heterocycles. The van der Waals surface area contributed by atoms with Gasteiger partial charge in [0.15, 0.2) is 0 Å². The molecule has 9 heteroatoms. The normalized spacial score (nSPS) is 15.2. The van der Waals surface area contributed by atoms with Crippen molar-refractivity contribution in [2.24, 2.45) is 0 Å². The molecule has 0 amide bonds. The van der Waals surface area contributed by atoms with E-state index in [1.54, 1.807) is 4.57 Å². The molecule has 0 radical (unpaired) electrons. The third kappa shape index (κ3) is 2.71. The van der Waals surface area contributed by atoms with Crippen LogP contribution in [0, 0.1) is 0 Å². The minimum absolute atomic E-state index is 0.0443. The van der Waals surface area contributed by atoms with Gasteiger partial charge in [-0.1, -0.05) is 41.9 Å². The van der Waals surface area contributed by atoms with Gasteiger partial charge in [0, 0.05) is 25.8 Å². The van der Waals surface area contributed by atoms with Gasteiger partial charge < -0.3 is 9.67 Å². The minimum atomic E-state index is -3.64. The third-order valence-corrected chi connectivity index (χ3v) is 5.95. The van der Waals surface area contributed by atoms with E-state index >= 15 is 0 Å². The summed E-state index contributed by atoms with van der Waals surface area (Å²) in [6.07, 6.45) is 0. The van der Waals surface area contributed by atoms with Gasteiger partial charge in [-0.2, -0.15) is 12.7 Å². The van der Waals surface area contributed by atoms with E-state index in [1.165, 1.54) is 11.4 Å². The maximum Gasteiger partial charge on any atom is 0.339 e. The second-order valence-electron chi connectivity index (χ2n) is 5.35. The van der Waals surface area contributed by atoms with Crippen molar-refractivity contribution in [1.29, 1.82) is 0 Å². The van der Waals surface area contributed by atoms with E-state index in [2.05, 4.69) is 4.72 Å². The van der Waals surface area contributed by atoms with E-state index in [0.717, 1.165) is 5.56 Å². The number of rotatable bonds is 4. The number of hydrogen-bond donors (Lipinski definition) is 2. The number of aromatic nitrogens is 1. The van der Waals surface area contributed by atoms with E-state index < -0.39 is 16.2 Å². The monoisotopic (exact) mass is 369 g/mol. The number of aromatic carboxylic acids is 1. The summed E-state index contributed by atoms with van der Waals surface area (Å²) >= 11 is 6.36. The maximum absolute atomic E-state index is 12.0. The van der Waals surface area contributed by atoms with Crippen LogP contribution in [0.2, 0.25) is 5.02 Å². The van der Waals surface area contributed by atoms with Crippen molar-refractivity contribution >= 4 is 27.8 Å². The highest BCUT2D eigenvalue weighted by molar-refractivity contribution is 7.87. The zero-order chi connectivity index (χ0) is 17.5. The van der Waals surface area contributed by atoms with Crippen molar-refractivity contribution in [2.45, 2.75) is 13.1 Å². The molecule has 3 rings (SSSR count). The SMILES string of the molecule is CNS(=O)(=O)N1CCn2c(c(C(=O)O)c(Cl)c2-c2ccccc2)C1. The van der Waals surface area contributed by atoms with Crippen LogP contribution in [0.15, 0.2) is 30.3 Å². The quantitative estimate of drug-likeness (QED) is 0.859. The van der Waals surface area contributed by atoms with Crippen LogP contribution in [0.1, 0.15) is 16.1 Å². The Labute approximate surface area is 144 Å². The molecule has 0 aliphatic carbocycles. The number of nitrogens with one attached hydrogen (secondary N) is 1. The van der Waals surface area contributed by atoms with Crippen LogP contribution in [0.3, 0.4) is 0 Å².